The minimum absolute atomic E-state index is 0.0510. The molecule has 3 rings (SSSR count). The first-order valence-electron chi connectivity index (χ1n) is 9.16. The van der Waals surface area contributed by atoms with Crippen LogP contribution in [0.25, 0.3) is 0 Å². The van der Waals surface area contributed by atoms with E-state index in [0.717, 1.165) is 12.8 Å². The lowest BCUT2D eigenvalue weighted by atomic mass is 9.95. The summed E-state index contributed by atoms with van der Waals surface area (Å²) in [6.07, 6.45) is 1.48. The third-order valence-corrected chi connectivity index (χ3v) is 6.09. The zero-order valence-electron chi connectivity index (χ0n) is 16.3. The zero-order chi connectivity index (χ0) is 20.7. The standard InChI is InChI=1S/C20H23FIN3O3/c1-11-12(2)18(26)23(4)10-24(17-8-5-14(22)9-16(17)21)20(28)25(15-6-7-15)19(27)13(11)3/h5,8-9,13,15H,6-7,10H2,1-4H3/b12-11-. The van der Waals surface area contributed by atoms with Crippen molar-refractivity contribution in [3.8, 4) is 0 Å². The van der Waals surface area contributed by atoms with Gasteiger partial charge in [0.15, 0.2) is 0 Å². The van der Waals surface area contributed by atoms with Gasteiger partial charge in [0.25, 0.3) is 5.91 Å². The van der Waals surface area contributed by atoms with Crippen molar-refractivity contribution >= 4 is 46.1 Å². The molecule has 1 fully saturated rings. The molecule has 0 saturated heterocycles. The van der Waals surface area contributed by atoms with Crippen molar-refractivity contribution in [1.82, 2.24) is 9.80 Å². The number of likely N-dealkylation sites (N-methyl/N-ethyl adjacent to an activating group) is 1. The van der Waals surface area contributed by atoms with Crippen LogP contribution in [0.5, 0.6) is 0 Å². The van der Waals surface area contributed by atoms with Gasteiger partial charge < -0.3 is 4.90 Å². The van der Waals surface area contributed by atoms with E-state index < -0.39 is 17.8 Å². The molecule has 2 aliphatic rings. The largest absolute Gasteiger partial charge is 0.333 e. The van der Waals surface area contributed by atoms with E-state index in [1.807, 2.05) is 22.6 Å². The van der Waals surface area contributed by atoms with Crippen LogP contribution in [0.1, 0.15) is 33.6 Å². The Morgan fingerprint density at radius 1 is 1.14 bits per heavy atom. The minimum atomic E-state index is -0.608. The van der Waals surface area contributed by atoms with Crippen molar-refractivity contribution in [2.45, 2.75) is 39.7 Å². The fourth-order valence-electron chi connectivity index (χ4n) is 3.28. The van der Waals surface area contributed by atoms with Crippen LogP contribution >= 0.6 is 22.6 Å². The summed E-state index contributed by atoms with van der Waals surface area (Å²) in [4.78, 5) is 43.1. The van der Waals surface area contributed by atoms with Crippen molar-refractivity contribution in [1.29, 1.82) is 0 Å². The molecule has 1 aliphatic heterocycles. The van der Waals surface area contributed by atoms with Gasteiger partial charge in [-0.3, -0.25) is 19.4 Å². The SMILES string of the molecule is C/C1=C(\C)C(C)C(=O)N(C2CC2)C(=O)N(c2ccc(I)cc2F)CN(C)C1=O. The summed E-state index contributed by atoms with van der Waals surface area (Å²) in [5.41, 5.74) is 1.17. The van der Waals surface area contributed by atoms with Gasteiger partial charge >= 0.3 is 6.03 Å². The summed E-state index contributed by atoms with van der Waals surface area (Å²) in [7, 11) is 1.57. The van der Waals surface area contributed by atoms with Crippen molar-refractivity contribution in [3.63, 3.8) is 0 Å². The fourth-order valence-corrected chi connectivity index (χ4v) is 3.74. The fraction of sp³-hybridized carbons (Fsp3) is 0.450. The molecule has 1 heterocycles. The number of amides is 4. The van der Waals surface area contributed by atoms with Crippen molar-refractivity contribution in [2.75, 3.05) is 18.6 Å². The Hall–Kier alpha value is -1.97. The summed E-state index contributed by atoms with van der Waals surface area (Å²) in [6.45, 7) is 4.98. The van der Waals surface area contributed by atoms with E-state index in [2.05, 4.69) is 0 Å². The summed E-state index contributed by atoms with van der Waals surface area (Å²) < 4.78 is 15.4. The molecule has 8 heteroatoms. The summed E-state index contributed by atoms with van der Waals surface area (Å²) in [5, 5.41) is 0. The average Bonchev–Trinajstić information content (AvgIpc) is 3.48. The number of benzene rings is 1. The first kappa shape index (κ1) is 20.8. The molecule has 6 nitrogen and oxygen atoms in total. The van der Waals surface area contributed by atoms with Gasteiger partial charge in [-0.05, 0) is 74.4 Å². The molecular weight excluding hydrogens is 476 g/mol. The van der Waals surface area contributed by atoms with Gasteiger partial charge in [0, 0.05) is 22.2 Å². The molecule has 150 valence electrons. The number of halogens is 2. The Balaban J connectivity index is 2.13. The second kappa shape index (κ2) is 7.81. The number of hydrogen-bond acceptors (Lipinski definition) is 3. The highest BCUT2D eigenvalue weighted by Gasteiger charge is 2.43. The van der Waals surface area contributed by atoms with Crippen LogP contribution in [-0.2, 0) is 9.59 Å². The lowest BCUT2D eigenvalue weighted by Crippen LogP contribution is -2.54. The molecule has 1 aromatic carbocycles. The lowest BCUT2D eigenvalue weighted by molar-refractivity contribution is -0.131. The number of urea groups is 1. The number of anilines is 1. The van der Waals surface area contributed by atoms with E-state index in [1.165, 1.54) is 26.8 Å². The van der Waals surface area contributed by atoms with E-state index in [0.29, 0.717) is 14.7 Å². The van der Waals surface area contributed by atoms with Crippen LogP contribution < -0.4 is 4.90 Å². The first-order chi connectivity index (χ1) is 13.1. The predicted molar refractivity (Wildman–Crippen MR) is 112 cm³/mol. The van der Waals surface area contributed by atoms with Gasteiger partial charge in [-0.1, -0.05) is 5.57 Å². The molecule has 4 amide bonds. The smallest absolute Gasteiger partial charge is 0.324 e. The van der Waals surface area contributed by atoms with Crippen molar-refractivity contribution in [3.05, 3.63) is 38.7 Å². The Kier molecular flexibility index (Phi) is 5.79. The van der Waals surface area contributed by atoms with Gasteiger partial charge in [0.2, 0.25) is 5.91 Å². The Morgan fingerprint density at radius 3 is 2.36 bits per heavy atom. The Labute approximate surface area is 177 Å². The maximum Gasteiger partial charge on any atom is 0.333 e. The molecule has 1 aliphatic carbocycles. The van der Waals surface area contributed by atoms with Crippen LogP contribution in [0.4, 0.5) is 14.9 Å². The average molecular weight is 499 g/mol. The number of rotatable bonds is 2. The Morgan fingerprint density at radius 2 is 1.79 bits per heavy atom. The van der Waals surface area contributed by atoms with Gasteiger partial charge in [-0.2, -0.15) is 0 Å². The highest BCUT2D eigenvalue weighted by molar-refractivity contribution is 14.1. The molecule has 0 spiro atoms. The molecule has 0 aromatic heterocycles. The number of nitrogens with zero attached hydrogens (tertiary/aromatic N) is 3. The second-order valence-corrected chi connectivity index (χ2v) is 8.67. The predicted octanol–water partition coefficient (Wildman–Crippen LogP) is 3.75. The number of hydrogen-bond donors (Lipinski definition) is 0. The van der Waals surface area contributed by atoms with Gasteiger partial charge in [0.1, 0.15) is 12.5 Å². The molecular formula is C20H23FIN3O3. The zero-order valence-corrected chi connectivity index (χ0v) is 18.5. The second-order valence-electron chi connectivity index (χ2n) is 7.42. The molecule has 1 unspecified atom stereocenters. The lowest BCUT2D eigenvalue weighted by Gasteiger charge is -2.35. The van der Waals surface area contributed by atoms with Gasteiger partial charge in [-0.15, -0.1) is 0 Å². The van der Waals surface area contributed by atoms with Crippen molar-refractivity contribution in [2.24, 2.45) is 5.92 Å². The summed E-state index contributed by atoms with van der Waals surface area (Å²) >= 11 is 1.99. The van der Waals surface area contributed by atoms with Crippen LogP contribution in [0.2, 0.25) is 0 Å². The van der Waals surface area contributed by atoms with E-state index in [9.17, 15) is 18.8 Å². The normalized spacial score (nSPS) is 24.9. The van der Waals surface area contributed by atoms with E-state index in [1.54, 1.807) is 33.9 Å². The van der Waals surface area contributed by atoms with Crippen LogP contribution in [0.15, 0.2) is 29.3 Å². The molecule has 0 bridgehead atoms. The summed E-state index contributed by atoms with van der Waals surface area (Å²) in [6, 6.07) is 3.75. The molecule has 0 N–H and O–H groups in total. The third-order valence-electron chi connectivity index (χ3n) is 5.42. The number of carbonyl (C=O) groups excluding carboxylic acids is 3. The van der Waals surface area contributed by atoms with Crippen LogP contribution in [0.3, 0.4) is 0 Å². The number of carbonyl (C=O) groups is 3. The minimum Gasteiger partial charge on any atom is -0.324 e. The monoisotopic (exact) mass is 499 g/mol. The number of imide groups is 1. The molecule has 1 atom stereocenters. The van der Waals surface area contributed by atoms with E-state index >= 15 is 0 Å². The molecule has 1 saturated carbocycles. The van der Waals surface area contributed by atoms with E-state index in [-0.39, 0.29) is 30.2 Å². The first-order valence-corrected chi connectivity index (χ1v) is 10.2. The Bertz CT molecular complexity index is 881. The van der Waals surface area contributed by atoms with Gasteiger partial charge in [-0.25, -0.2) is 9.18 Å². The van der Waals surface area contributed by atoms with Crippen LogP contribution in [-0.4, -0.2) is 47.4 Å². The molecule has 0 radical (unpaired) electrons. The topological polar surface area (TPSA) is 60.9 Å². The highest BCUT2D eigenvalue weighted by Crippen LogP contribution is 2.33. The summed E-state index contributed by atoms with van der Waals surface area (Å²) in [5.74, 6) is -1.82. The maximum absolute atomic E-state index is 14.7. The van der Waals surface area contributed by atoms with Crippen molar-refractivity contribution < 1.29 is 18.8 Å². The molecule has 1 aromatic rings. The maximum atomic E-state index is 14.7. The molecule has 28 heavy (non-hydrogen) atoms. The van der Waals surface area contributed by atoms with E-state index in [4.69, 9.17) is 0 Å². The van der Waals surface area contributed by atoms with Crippen LogP contribution in [0, 0.1) is 15.3 Å². The highest BCUT2D eigenvalue weighted by atomic mass is 127. The third kappa shape index (κ3) is 3.78. The van der Waals surface area contributed by atoms with Gasteiger partial charge in [0.05, 0.1) is 11.6 Å². The quantitative estimate of drug-likeness (QED) is 0.583.